The van der Waals surface area contributed by atoms with E-state index < -0.39 is 0 Å². The van der Waals surface area contributed by atoms with Crippen molar-refractivity contribution in [2.75, 3.05) is 5.32 Å². The Hall–Kier alpha value is -2.40. The van der Waals surface area contributed by atoms with E-state index in [1.165, 1.54) is 11.3 Å². The van der Waals surface area contributed by atoms with Crippen LogP contribution in [-0.4, -0.2) is 10.9 Å². The average molecular weight is 312 g/mol. The van der Waals surface area contributed by atoms with Crippen molar-refractivity contribution in [1.29, 1.82) is 0 Å². The van der Waals surface area contributed by atoms with Crippen LogP contribution in [-0.2, 0) is 4.79 Å². The Balaban J connectivity index is 1.82. The maximum absolute atomic E-state index is 11.7. The number of fused-ring (bicyclic) bond motifs is 1. The first-order chi connectivity index (χ1) is 10.6. The van der Waals surface area contributed by atoms with Gasteiger partial charge in [-0.25, -0.2) is 4.98 Å². The number of ether oxygens (including phenoxy) is 1. The lowest BCUT2D eigenvalue weighted by molar-refractivity contribution is -0.118. The zero-order valence-corrected chi connectivity index (χ0v) is 13.2. The van der Waals surface area contributed by atoms with Crippen LogP contribution in [0.3, 0.4) is 0 Å². The molecule has 0 spiro atoms. The van der Waals surface area contributed by atoms with Crippen molar-refractivity contribution >= 4 is 32.6 Å². The van der Waals surface area contributed by atoms with E-state index in [0.717, 1.165) is 21.7 Å². The van der Waals surface area contributed by atoms with Crippen LogP contribution in [0.25, 0.3) is 10.2 Å². The maximum Gasteiger partial charge on any atom is 0.228 e. The molecule has 5 heteroatoms. The van der Waals surface area contributed by atoms with Gasteiger partial charge in [-0.05, 0) is 24.3 Å². The van der Waals surface area contributed by atoms with Gasteiger partial charge in [0, 0.05) is 12.0 Å². The number of amides is 1. The van der Waals surface area contributed by atoms with Crippen LogP contribution in [0, 0.1) is 5.92 Å². The van der Waals surface area contributed by atoms with Gasteiger partial charge in [-0.15, -0.1) is 0 Å². The van der Waals surface area contributed by atoms with Crippen molar-refractivity contribution in [3.8, 4) is 11.5 Å². The van der Waals surface area contributed by atoms with E-state index in [0.29, 0.717) is 5.13 Å². The van der Waals surface area contributed by atoms with E-state index in [4.69, 9.17) is 4.74 Å². The van der Waals surface area contributed by atoms with Gasteiger partial charge < -0.3 is 10.1 Å². The predicted octanol–water partition coefficient (Wildman–Crippen LogP) is 4.68. The van der Waals surface area contributed by atoms with Crippen molar-refractivity contribution in [3.63, 3.8) is 0 Å². The van der Waals surface area contributed by atoms with E-state index in [-0.39, 0.29) is 11.8 Å². The number of para-hydroxylation sites is 1. The molecule has 0 aliphatic carbocycles. The van der Waals surface area contributed by atoms with Crippen LogP contribution >= 0.6 is 11.3 Å². The first-order valence-electron chi connectivity index (χ1n) is 7.06. The lowest BCUT2D eigenvalue weighted by Crippen LogP contribution is -2.17. The predicted molar refractivity (Wildman–Crippen MR) is 89.6 cm³/mol. The quantitative estimate of drug-likeness (QED) is 0.760. The first-order valence-corrected chi connectivity index (χ1v) is 7.88. The van der Waals surface area contributed by atoms with Crippen molar-refractivity contribution in [3.05, 3.63) is 48.5 Å². The van der Waals surface area contributed by atoms with Gasteiger partial charge in [0.2, 0.25) is 5.91 Å². The Morgan fingerprint density at radius 3 is 2.64 bits per heavy atom. The molecule has 0 saturated heterocycles. The number of carbonyl (C=O) groups is 1. The van der Waals surface area contributed by atoms with Gasteiger partial charge in [0.25, 0.3) is 0 Å². The molecule has 4 nitrogen and oxygen atoms in total. The highest BCUT2D eigenvalue weighted by Gasteiger charge is 2.11. The second kappa shape index (κ2) is 6.15. The minimum atomic E-state index is -0.0658. The zero-order valence-electron chi connectivity index (χ0n) is 12.4. The molecule has 0 unspecified atom stereocenters. The summed E-state index contributed by atoms with van der Waals surface area (Å²) in [5.74, 6) is 1.45. The summed E-state index contributed by atoms with van der Waals surface area (Å²) in [5.41, 5.74) is 0.851. The molecule has 0 aliphatic rings. The Kier molecular flexibility index (Phi) is 4.06. The summed E-state index contributed by atoms with van der Waals surface area (Å²) in [6.45, 7) is 3.71. The van der Waals surface area contributed by atoms with Crippen LogP contribution in [0.2, 0.25) is 0 Å². The normalized spacial score (nSPS) is 10.9. The minimum Gasteiger partial charge on any atom is -0.457 e. The van der Waals surface area contributed by atoms with Crippen molar-refractivity contribution in [2.45, 2.75) is 13.8 Å². The largest absolute Gasteiger partial charge is 0.457 e. The highest BCUT2D eigenvalue weighted by atomic mass is 32.1. The van der Waals surface area contributed by atoms with Crippen molar-refractivity contribution in [1.82, 2.24) is 4.98 Å². The van der Waals surface area contributed by atoms with E-state index in [1.807, 2.05) is 62.4 Å². The van der Waals surface area contributed by atoms with Gasteiger partial charge in [-0.2, -0.15) is 0 Å². The van der Waals surface area contributed by atoms with Gasteiger partial charge in [0.15, 0.2) is 5.13 Å². The topological polar surface area (TPSA) is 51.2 Å². The third kappa shape index (κ3) is 3.26. The number of hydrogen-bond donors (Lipinski definition) is 1. The Bertz CT molecular complexity index is 797. The SMILES string of the molecule is CC(C)C(=O)Nc1nc2ccc(Oc3ccccc3)cc2s1. The number of benzene rings is 2. The molecule has 1 amide bonds. The lowest BCUT2D eigenvalue weighted by atomic mass is 10.2. The molecule has 0 aliphatic heterocycles. The fourth-order valence-corrected chi connectivity index (χ4v) is 2.79. The molecule has 3 rings (SSSR count). The summed E-state index contributed by atoms with van der Waals surface area (Å²) >= 11 is 1.44. The van der Waals surface area contributed by atoms with Gasteiger partial charge in [0.1, 0.15) is 11.5 Å². The van der Waals surface area contributed by atoms with Crippen LogP contribution in [0.1, 0.15) is 13.8 Å². The molecule has 0 atom stereocenters. The number of nitrogens with zero attached hydrogens (tertiary/aromatic N) is 1. The molecule has 1 N–H and O–H groups in total. The highest BCUT2D eigenvalue weighted by molar-refractivity contribution is 7.22. The summed E-state index contributed by atoms with van der Waals surface area (Å²) in [7, 11) is 0. The monoisotopic (exact) mass is 312 g/mol. The summed E-state index contributed by atoms with van der Waals surface area (Å²) in [6.07, 6.45) is 0. The molecule has 3 aromatic rings. The van der Waals surface area contributed by atoms with E-state index in [2.05, 4.69) is 10.3 Å². The number of aromatic nitrogens is 1. The lowest BCUT2D eigenvalue weighted by Gasteiger charge is -2.04. The second-order valence-electron chi connectivity index (χ2n) is 5.21. The number of anilines is 1. The van der Waals surface area contributed by atoms with Gasteiger partial charge in [0.05, 0.1) is 10.2 Å². The minimum absolute atomic E-state index is 0.0279. The molecule has 112 valence electrons. The first kappa shape index (κ1) is 14.5. The van der Waals surface area contributed by atoms with Gasteiger partial charge in [-0.3, -0.25) is 4.79 Å². The molecule has 0 saturated carbocycles. The van der Waals surface area contributed by atoms with Gasteiger partial charge in [-0.1, -0.05) is 43.4 Å². The molecule has 2 aromatic carbocycles. The van der Waals surface area contributed by atoms with E-state index in [1.54, 1.807) is 0 Å². The molecule has 0 fully saturated rings. The summed E-state index contributed by atoms with van der Waals surface area (Å²) in [6, 6.07) is 15.3. The molecule has 0 bridgehead atoms. The summed E-state index contributed by atoms with van der Waals surface area (Å²) in [5, 5.41) is 3.44. The van der Waals surface area contributed by atoms with Gasteiger partial charge >= 0.3 is 0 Å². The van der Waals surface area contributed by atoms with Crippen molar-refractivity contribution in [2.24, 2.45) is 5.92 Å². The van der Waals surface area contributed by atoms with Crippen LogP contribution < -0.4 is 10.1 Å². The highest BCUT2D eigenvalue weighted by Crippen LogP contribution is 2.31. The standard InChI is InChI=1S/C17H16N2O2S/c1-11(2)16(20)19-17-18-14-9-8-13(10-15(14)22-17)21-12-6-4-3-5-7-12/h3-11H,1-2H3,(H,18,19,20). The molecule has 22 heavy (non-hydrogen) atoms. The molecular weight excluding hydrogens is 296 g/mol. The second-order valence-corrected chi connectivity index (χ2v) is 6.24. The number of hydrogen-bond acceptors (Lipinski definition) is 4. The Labute approximate surface area is 132 Å². The Morgan fingerprint density at radius 1 is 1.14 bits per heavy atom. The number of rotatable bonds is 4. The molecule has 1 aromatic heterocycles. The number of thiazole rings is 1. The number of carbonyl (C=O) groups excluding carboxylic acids is 1. The smallest absolute Gasteiger partial charge is 0.228 e. The number of nitrogens with one attached hydrogen (secondary N) is 1. The summed E-state index contributed by atoms with van der Waals surface area (Å²) < 4.78 is 6.79. The molecule has 0 radical (unpaired) electrons. The average Bonchev–Trinajstić information content (AvgIpc) is 2.89. The van der Waals surface area contributed by atoms with E-state index >= 15 is 0 Å². The van der Waals surface area contributed by atoms with Crippen LogP contribution in [0.5, 0.6) is 11.5 Å². The summed E-state index contributed by atoms with van der Waals surface area (Å²) in [4.78, 5) is 16.1. The Morgan fingerprint density at radius 2 is 1.91 bits per heavy atom. The third-order valence-corrected chi connectivity index (χ3v) is 4.03. The van der Waals surface area contributed by atoms with Crippen LogP contribution in [0.15, 0.2) is 48.5 Å². The molecular formula is C17H16N2O2S. The zero-order chi connectivity index (χ0) is 15.5. The molecule has 1 heterocycles. The maximum atomic E-state index is 11.7. The third-order valence-electron chi connectivity index (χ3n) is 3.09. The van der Waals surface area contributed by atoms with Crippen LogP contribution in [0.4, 0.5) is 5.13 Å². The fraction of sp³-hybridized carbons (Fsp3) is 0.176. The van der Waals surface area contributed by atoms with E-state index in [9.17, 15) is 4.79 Å². The van der Waals surface area contributed by atoms with Crippen molar-refractivity contribution < 1.29 is 9.53 Å². The fourth-order valence-electron chi connectivity index (χ4n) is 1.90.